The number of hydrogen-bond donors (Lipinski definition) is 2. The second kappa shape index (κ2) is 9.42. The van der Waals surface area contributed by atoms with Gasteiger partial charge in [-0.1, -0.05) is 57.2 Å². The first-order valence-corrected chi connectivity index (χ1v) is 7.27. The molecular formula is C16H25NO2. The number of nitrogens with one attached hydrogen (secondary N) is 1. The highest BCUT2D eigenvalue weighted by Crippen LogP contribution is 2.15. The molecule has 0 saturated carbocycles. The third-order valence-electron chi connectivity index (χ3n) is 3.20. The summed E-state index contributed by atoms with van der Waals surface area (Å²) in [6, 6.07) is 6.97. The Bertz CT molecular complexity index is 377. The van der Waals surface area contributed by atoms with E-state index in [9.17, 15) is 9.90 Å². The summed E-state index contributed by atoms with van der Waals surface area (Å²) in [4.78, 5) is 11.7. The molecule has 1 aromatic carbocycles. The molecule has 0 fully saturated rings. The van der Waals surface area contributed by atoms with Crippen molar-refractivity contribution in [2.24, 2.45) is 0 Å². The minimum atomic E-state index is -0.0185. The van der Waals surface area contributed by atoms with Gasteiger partial charge in [0, 0.05) is 12.1 Å². The largest absolute Gasteiger partial charge is 0.508 e. The van der Waals surface area contributed by atoms with Crippen LogP contribution in [0, 0.1) is 0 Å². The van der Waals surface area contributed by atoms with Crippen molar-refractivity contribution in [3.63, 3.8) is 0 Å². The molecule has 3 nitrogen and oxygen atoms in total. The van der Waals surface area contributed by atoms with Gasteiger partial charge in [-0.05, 0) is 12.5 Å². The van der Waals surface area contributed by atoms with E-state index in [-0.39, 0.29) is 18.1 Å². The standard InChI is InChI=1S/C16H25NO2/c1-2-3-4-5-6-9-12-17-16(19)13-14-10-7-8-11-15(14)18/h7-8,10-11,18H,2-6,9,12-13H2,1H3,(H,17,19). The average Bonchev–Trinajstić information content (AvgIpc) is 2.40. The summed E-state index contributed by atoms with van der Waals surface area (Å²) in [5.41, 5.74) is 0.683. The van der Waals surface area contributed by atoms with Crippen LogP contribution in [0.5, 0.6) is 5.75 Å². The summed E-state index contributed by atoms with van der Waals surface area (Å²) < 4.78 is 0. The Labute approximate surface area is 116 Å². The van der Waals surface area contributed by atoms with E-state index >= 15 is 0 Å². The number of phenols is 1. The van der Waals surface area contributed by atoms with Crippen LogP contribution in [0.4, 0.5) is 0 Å². The van der Waals surface area contributed by atoms with Gasteiger partial charge in [-0.3, -0.25) is 4.79 Å². The summed E-state index contributed by atoms with van der Waals surface area (Å²) >= 11 is 0. The fourth-order valence-corrected chi connectivity index (χ4v) is 2.03. The van der Waals surface area contributed by atoms with Crippen LogP contribution >= 0.6 is 0 Å². The monoisotopic (exact) mass is 263 g/mol. The maximum atomic E-state index is 11.7. The first-order chi connectivity index (χ1) is 9.24. The number of benzene rings is 1. The number of rotatable bonds is 9. The van der Waals surface area contributed by atoms with Crippen molar-refractivity contribution < 1.29 is 9.90 Å². The molecule has 0 aliphatic rings. The molecule has 1 amide bonds. The predicted molar refractivity (Wildman–Crippen MR) is 78.2 cm³/mol. The highest BCUT2D eigenvalue weighted by Gasteiger charge is 2.05. The summed E-state index contributed by atoms with van der Waals surface area (Å²) in [6.07, 6.45) is 7.58. The van der Waals surface area contributed by atoms with E-state index in [2.05, 4.69) is 12.2 Å². The molecule has 1 aromatic rings. The van der Waals surface area contributed by atoms with Crippen molar-refractivity contribution in [2.45, 2.75) is 51.9 Å². The molecule has 106 valence electrons. The maximum absolute atomic E-state index is 11.7. The topological polar surface area (TPSA) is 49.3 Å². The lowest BCUT2D eigenvalue weighted by molar-refractivity contribution is -0.120. The van der Waals surface area contributed by atoms with E-state index in [0.29, 0.717) is 5.56 Å². The quantitative estimate of drug-likeness (QED) is 0.671. The number of para-hydroxylation sites is 1. The van der Waals surface area contributed by atoms with E-state index in [1.165, 1.54) is 32.1 Å². The summed E-state index contributed by atoms with van der Waals surface area (Å²) in [5, 5.41) is 12.5. The summed E-state index contributed by atoms with van der Waals surface area (Å²) in [5.74, 6) is 0.173. The molecule has 0 heterocycles. The number of amides is 1. The van der Waals surface area contributed by atoms with Gasteiger partial charge in [0.1, 0.15) is 5.75 Å². The van der Waals surface area contributed by atoms with Crippen molar-refractivity contribution >= 4 is 5.91 Å². The van der Waals surface area contributed by atoms with Gasteiger partial charge >= 0.3 is 0 Å². The van der Waals surface area contributed by atoms with Crippen molar-refractivity contribution in [3.05, 3.63) is 29.8 Å². The number of phenolic OH excluding ortho intramolecular Hbond substituents is 1. The maximum Gasteiger partial charge on any atom is 0.224 e. The van der Waals surface area contributed by atoms with Crippen LogP contribution in [0.1, 0.15) is 51.0 Å². The van der Waals surface area contributed by atoms with Crippen LogP contribution in [-0.4, -0.2) is 17.6 Å². The van der Waals surface area contributed by atoms with Crippen molar-refractivity contribution in [2.75, 3.05) is 6.54 Å². The van der Waals surface area contributed by atoms with E-state index in [1.807, 2.05) is 6.07 Å². The molecule has 0 unspecified atom stereocenters. The van der Waals surface area contributed by atoms with Gasteiger partial charge in [-0.2, -0.15) is 0 Å². The molecule has 0 radical (unpaired) electrons. The van der Waals surface area contributed by atoms with Gasteiger partial charge in [-0.15, -0.1) is 0 Å². The molecule has 1 rings (SSSR count). The van der Waals surface area contributed by atoms with E-state index in [1.54, 1.807) is 18.2 Å². The van der Waals surface area contributed by atoms with Crippen LogP contribution in [0.3, 0.4) is 0 Å². The van der Waals surface area contributed by atoms with Crippen LogP contribution < -0.4 is 5.32 Å². The van der Waals surface area contributed by atoms with Crippen molar-refractivity contribution in [1.29, 1.82) is 0 Å². The van der Waals surface area contributed by atoms with E-state index in [0.717, 1.165) is 13.0 Å². The molecular weight excluding hydrogens is 238 g/mol. The van der Waals surface area contributed by atoms with Crippen LogP contribution in [-0.2, 0) is 11.2 Å². The first kappa shape index (κ1) is 15.5. The number of aromatic hydroxyl groups is 1. The van der Waals surface area contributed by atoms with Crippen LogP contribution in [0.15, 0.2) is 24.3 Å². The first-order valence-electron chi connectivity index (χ1n) is 7.27. The molecule has 0 atom stereocenters. The van der Waals surface area contributed by atoms with Crippen LogP contribution in [0.25, 0.3) is 0 Å². The van der Waals surface area contributed by atoms with Gasteiger partial charge in [0.15, 0.2) is 0 Å². The van der Waals surface area contributed by atoms with E-state index < -0.39 is 0 Å². The zero-order chi connectivity index (χ0) is 13.9. The lowest BCUT2D eigenvalue weighted by atomic mass is 10.1. The fourth-order valence-electron chi connectivity index (χ4n) is 2.03. The Kier molecular flexibility index (Phi) is 7.71. The summed E-state index contributed by atoms with van der Waals surface area (Å²) in [6.45, 7) is 2.94. The van der Waals surface area contributed by atoms with Crippen LogP contribution in [0.2, 0.25) is 0 Å². The molecule has 0 spiro atoms. The number of unbranched alkanes of at least 4 members (excludes halogenated alkanes) is 5. The Morgan fingerprint density at radius 3 is 2.53 bits per heavy atom. The van der Waals surface area contributed by atoms with Crippen molar-refractivity contribution in [1.82, 2.24) is 5.32 Å². The second-order valence-corrected chi connectivity index (χ2v) is 4.92. The van der Waals surface area contributed by atoms with Gasteiger partial charge in [0.25, 0.3) is 0 Å². The Hall–Kier alpha value is -1.51. The highest BCUT2D eigenvalue weighted by atomic mass is 16.3. The zero-order valence-corrected chi connectivity index (χ0v) is 11.8. The molecule has 0 saturated heterocycles. The minimum Gasteiger partial charge on any atom is -0.508 e. The lowest BCUT2D eigenvalue weighted by Gasteiger charge is -2.06. The predicted octanol–water partition coefficient (Wildman–Crippen LogP) is 3.41. The Balaban J connectivity index is 2.10. The number of hydrogen-bond acceptors (Lipinski definition) is 2. The minimum absolute atomic E-state index is 0.0185. The molecule has 0 aliphatic heterocycles. The molecule has 19 heavy (non-hydrogen) atoms. The summed E-state index contributed by atoms with van der Waals surface area (Å²) in [7, 11) is 0. The smallest absolute Gasteiger partial charge is 0.224 e. The molecule has 3 heteroatoms. The van der Waals surface area contributed by atoms with Gasteiger partial charge in [0.2, 0.25) is 5.91 Å². The van der Waals surface area contributed by atoms with Gasteiger partial charge < -0.3 is 10.4 Å². The second-order valence-electron chi connectivity index (χ2n) is 4.92. The number of carbonyl (C=O) groups excluding carboxylic acids is 1. The van der Waals surface area contributed by atoms with Gasteiger partial charge in [-0.25, -0.2) is 0 Å². The van der Waals surface area contributed by atoms with Crippen molar-refractivity contribution in [3.8, 4) is 5.75 Å². The van der Waals surface area contributed by atoms with E-state index in [4.69, 9.17) is 0 Å². The molecule has 0 bridgehead atoms. The molecule has 0 aliphatic carbocycles. The highest BCUT2D eigenvalue weighted by molar-refractivity contribution is 5.79. The van der Waals surface area contributed by atoms with Gasteiger partial charge in [0.05, 0.1) is 6.42 Å². The average molecular weight is 263 g/mol. The fraction of sp³-hybridized carbons (Fsp3) is 0.562. The molecule has 2 N–H and O–H groups in total. The third kappa shape index (κ3) is 6.85. The number of carbonyl (C=O) groups is 1. The molecule has 0 aromatic heterocycles. The lowest BCUT2D eigenvalue weighted by Crippen LogP contribution is -2.26. The third-order valence-corrected chi connectivity index (χ3v) is 3.20. The zero-order valence-electron chi connectivity index (χ0n) is 11.8. The normalized spacial score (nSPS) is 10.4. The Morgan fingerprint density at radius 1 is 1.11 bits per heavy atom. The Morgan fingerprint density at radius 2 is 1.79 bits per heavy atom. The SMILES string of the molecule is CCCCCCCCNC(=O)Cc1ccccc1O.